The van der Waals surface area contributed by atoms with Gasteiger partial charge in [-0.05, 0) is 42.7 Å². The van der Waals surface area contributed by atoms with Gasteiger partial charge in [0.25, 0.3) is 5.91 Å². The highest BCUT2D eigenvalue weighted by molar-refractivity contribution is 5.93. The second kappa shape index (κ2) is 9.56. The van der Waals surface area contributed by atoms with Gasteiger partial charge in [-0.15, -0.1) is 0 Å². The number of nitrogens with one attached hydrogen (secondary N) is 2. The van der Waals surface area contributed by atoms with E-state index in [9.17, 15) is 4.79 Å². The second-order valence-corrected chi connectivity index (χ2v) is 6.31. The van der Waals surface area contributed by atoms with Gasteiger partial charge in [-0.25, -0.2) is 0 Å². The predicted molar refractivity (Wildman–Crippen MR) is 105 cm³/mol. The fourth-order valence-electron chi connectivity index (χ4n) is 2.40. The highest BCUT2D eigenvalue weighted by atomic mass is 16.2. The zero-order valence-corrected chi connectivity index (χ0v) is 15.9. The molecule has 1 aromatic carbocycles. The van der Waals surface area contributed by atoms with E-state index < -0.39 is 0 Å². The van der Waals surface area contributed by atoms with Crippen molar-refractivity contribution in [2.75, 3.05) is 27.7 Å². The maximum absolute atomic E-state index is 11.9. The van der Waals surface area contributed by atoms with Crippen molar-refractivity contribution in [2.45, 2.75) is 19.9 Å². The first kappa shape index (κ1) is 19.4. The molecule has 0 saturated carbocycles. The molecule has 0 aliphatic carbocycles. The van der Waals surface area contributed by atoms with Gasteiger partial charge in [-0.2, -0.15) is 0 Å². The van der Waals surface area contributed by atoms with E-state index in [0.29, 0.717) is 12.1 Å². The predicted octanol–water partition coefficient (Wildman–Crippen LogP) is 2.00. The molecular weight excluding hydrogens is 326 g/mol. The number of hydrogen-bond donors (Lipinski definition) is 2. The fraction of sp³-hybridized carbons (Fsp3) is 0.350. The molecule has 138 valence electrons. The standard InChI is InChI=1S/C20H27N5O/c1-15-5-6-17(13-23-15)11-12-22-20(21-2)24-14-16-7-9-18(10-8-16)19(26)25(3)4/h5-10,13H,11-12,14H2,1-4H3,(H2,21,22,24). The van der Waals surface area contributed by atoms with E-state index in [1.165, 1.54) is 5.56 Å². The number of aliphatic imine (C=N–C) groups is 1. The molecule has 0 saturated heterocycles. The van der Waals surface area contributed by atoms with Crippen LogP contribution in [0, 0.1) is 6.92 Å². The zero-order valence-electron chi connectivity index (χ0n) is 15.9. The van der Waals surface area contributed by atoms with Gasteiger partial charge in [-0.3, -0.25) is 14.8 Å². The smallest absolute Gasteiger partial charge is 0.253 e. The van der Waals surface area contributed by atoms with Crippen LogP contribution in [-0.2, 0) is 13.0 Å². The number of pyridine rings is 1. The molecular formula is C20H27N5O. The lowest BCUT2D eigenvalue weighted by Gasteiger charge is -2.13. The van der Waals surface area contributed by atoms with Crippen LogP contribution < -0.4 is 10.6 Å². The Balaban J connectivity index is 1.79. The molecule has 0 bridgehead atoms. The number of amides is 1. The lowest BCUT2D eigenvalue weighted by Crippen LogP contribution is -2.37. The van der Waals surface area contributed by atoms with Gasteiger partial charge < -0.3 is 15.5 Å². The van der Waals surface area contributed by atoms with Crippen LogP contribution >= 0.6 is 0 Å². The Bertz CT molecular complexity index is 736. The Morgan fingerprint density at radius 2 is 1.77 bits per heavy atom. The largest absolute Gasteiger partial charge is 0.356 e. The normalized spacial score (nSPS) is 11.2. The van der Waals surface area contributed by atoms with E-state index in [4.69, 9.17) is 0 Å². The van der Waals surface area contributed by atoms with Gasteiger partial charge in [0, 0.05) is 51.7 Å². The van der Waals surface area contributed by atoms with E-state index >= 15 is 0 Å². The average Bonchev–Trinajstić information content (AvgIpc) is 2.65. The van der Waals surface area contributed by atoms with Crippen LogP contribution in [0.25, 0.3) is 0 Å². The summed E-state index contributed by atoms with van der Waals surface area (Å²) in [7, 11) is 5.25. The summed E-state index contributed by atoms with van der Waals surface area (Å²) < 4.78 is 0. The van der Waals surface area contributed by atoms with Gasteiger partial charge in [0.1, 0.15) is 0 Å². The lowest BCUT2D eigenvalue weighted by atomic mass is 10.1. The maximum atomic E-state index is 11.9. The molecule has 0 aliphatic heterocycles. The van der Waals surface area contributed by atoms with Crippen LogP contribution in [0.5, 0.6) is 0 Å². The highest BCUT2D eigenvalue weighted by Crippen LogP contribution is 2.06. The minimum Gasteiger partial charge on any atom is -0.356 e. The van der Waals surface area contributed by atoms with Gasteiger partial charge in [0.05, 0.1) is 0 Å². The third kappa shape index (κ3) is 5.88. The van der Waals surface area contributed by atoms with Crippen molar-refractivity contribution in [2.24, 2.45) is 4.99 Å². The summed E-state index contributed by atoms with van der Waals surface area (Å²) in [5.41, 5.74) is 4.00. The molecule has 26 heavy (non-hydrogen) atoms. The van der Waals surface area contributed by atoms with Crippen LogP contribution in [0.3, 0.4) is 0 Å². The van der Waals surface area contributed by atoms with Crippen LogP contribution in [0.1, 0.15) is 27.2 Å². The van der Waals surface area contributed by atoms with E-state index in [2.05, 4.69) is 26.7 Å². The first-order valence-electron chi connectivity index (χ1n) is 8.66. The van der Waals surface area contributed by atoms with E-state index in [1.807, 2.05) is 43.5 Å². The van der Waals surface area contributed by atoms with E-state index in [1.54, 1.807) is 26.0 Å². The van der Waals surface area contributed by atoms with Gasteiger partial charge in [-0.1, -0.05) is 18.2 Å². The molecule has 0 aliphatic rings. The first-order chi connectivity index (χ1) is 12.5. The van der Waals surface area contributed by atoms with Crippen LogP contribution in [0.4, 0.5) is 0 Å². The molecule has 6 nitrogen and oxygen atoms in total. The number of aryl methyl sites for hydroxylation is 1. The summed E-state index contributed by atoms with van der Waals surface area (Å²) in [5, 5.41) is 6.58. The Kier molecular flexibility index (Phi) is 7.14. The summed E-state index contributed by atoms with van der Waals surface area (Å²) in [6.07, 6.45) is 2.79. The molecule has 0 spiro atoms. The van der Waals surface area contributed by atoms with Crippen molar-refractivity contribution >= 4 is 11.9 Å². The molecule has 0 unspecified atom stereocenters. The molecule has 1 aromatic heterocycles. The van der Waals surface area contributed by atoms with Crippen LogP contribution in [0.15, 0.2) is 47.6 Å². The summed E-state index contributed by atoms with van der Waals surface area (Å²) in [4.78, 5) is 22.0. The quantitative estimate of drug-likeness (QED) is 0.616. The molecule has 1 amide bonds. The summed E-state index contributed by atoms with van der Waals surface area (Å²) in [6, 6.07) is 11.7. The van der Waals surface area contributed by atoms with Crippen molar-refractivity contribution in [3.63, 3.8) is 0 Å². The number of nitrogens with zero attached hydrogens (tertiary/aromatic N) is 3. The highest BCUT2D eigenvalue weighted by Gasteiger charge is 2.07. The van der Waals surface area contributed by atoms with E-state index in [-0.39, 0.29) is 5.91 Å². The molecule has 1 heterocycles. The monoisotopic (exact) mass is 353 g/mol. The first-order valence-corrected chi connectivity index (χ1v) is 8.66. The summed E-state index contributed by atoms with van der Waals surface area (Å²) in [6.45, 7) is 3.40. The summed E-state index contributed by atoms with van der Waals surface area (Å²) >= 11 is 0. The molecule has 0 fully saturated rings. The number of carbonyl (C=O) groups is 1. The number of guanidine groups is 1. The Labute approximate surface area is 155 Å². The maximum Gasteiger partial charge on any atom is 0.253 e. The molecule has 0 radical (unpaired) electrons. The third-order valence-corrected chi connectivity index (χ3v) is 3.97. The lowest BCUT2D eigenvalue weighted by molar-refractivity contribution is 0.0827. The fourth-order valence-corrected chi connectivity index (χ4v) is 2.40. The summed E-state index contributed by atoms with van der Waals surface area (Å²) in [5.74, 6) is 0.756. The molecule has 6 heteroatoms. The second-order valence-electron chi connectivity index (χ2n) is 6.31. The SMILES string of the molecule is CN=C(NCCc1ccc(C)nc1)NCc1ccc(C(=O)N(C)C)cc1. The number of aromatic nitrogens is 1. The molecule has 2 rings (SSSR count). The number of hydrogen-bond acceptors (Lipinski definition) is 3. The van der Waals surface area contributed by atoms with Gasteiger partial charge in [0.2, 0.25) is 0 Å². The Morgan fingerprint density at radius 3 is 2.35 bits per heavy atom. The van der Waals surface area contributed by atoms with Crippen molar-refractivity contribution < 1.29 is 4.79 Å². The van der Waals surface area contributed by atoms with Gasteiger partial charge in [0.15, 0.2) is 5.96 Å². The third-order valence-electron chi connectivity index (χ3n) is 3.97. The minimum absolute atomic E-state index is 0.00702. The number of benzene rings is 1. The van der Waals surface area contributed by atoms with Gasteiger partial charge >= 0.3 is 0 Å². The van der Waals surface area contributed by atoms with Crippen molar-refractivity contribution in [3.05, 3.63) is 65.0 Å². The number of rotatable bonds is 6. The zero-order chi connectivity index (χ0) is 18.9. The van der Waals surface area contributed by atoms with E-state index in [0.717, 1.165) is 30.2 Å². The van der Waals surface area contributed by atoms with Crippen molar-refractivity contribution in [3.8, 4) is 0 Å². The average molecular weight is 353 g/mol. The van der Waals surface area contributed by atoms with Crippen molar-refractivity contribution in [1.82, 2.24) is 20.5 Å². The molecule has 0 atom stereocenters. The number of carbonyl (C=O) groups excluding carboxylic acids is 1. The topological polar surface area (TPSA) is 69.6 Å². The molecule has 2 aromatic rings. The Hall–Kier alpha value is -2.89. The molecule has 2 N–H and O–H groups in total. The Morgan fingerprint density at radius 1 is 1.08 bits per heavy atom. The van der Waals surface area contributed by atoms with Crippen LogP contribution in [-0.4, -0.2) is 49.4 Å². The van der Waals surface area contributed by atoms with Crippen molar-refractivity contribution in [1.29, 1.82) is 0 Å². The minimum atomic E-state index is 0.00702. The van der Waals surface area contributed by atoms with Crippen LogP contribution in [0.2, 0.25) is 0 Å².